The molecule has 0 fully saturated rings. The third kappa shape index (κ3) is 3.39. The molecule has 19 heavy (non-hydrogen) atoms. The van der Waals surface area contributed by atoms with Gasteiger partial charge in [-0.1, -0.05) is 0 Å². The molecule has 0 aliphatic carbocycles. The Morgan fingerprint density at radius 1 is 1.37 bits per heavy atom. The summed E-state index contributed by atoms with van der Waals surface area (Å²) in [5.41, 5.74) is 2.34. The molecule has 0 aliphatic heterocycles. The molecule has 0 radical (unpaired) electrons. The van der Waals surface area contributed by atoms with Crippen LogP contribution in [0.1, 0.15) is 17.1 Å². The lowest BCUT2D eigenvalue weighted by atomic mass is 10.2. The molecule has 0 aromatic carbocycles. The van der Waals surface area contributed by atoms with Crippen molar-refractivity contribution in [2.45, 2.75) is 20.0 Å². The van der Waals surface area contributed by atoms with Crippen LogP contribution in [0.2, 0.25) is 0 Å². The van der Waals surface area contributed by atoms with E-state index < -0.39 is 0 Å². The van der Waals surface area contributed by atoms with Crippen molar-refractivity contribution >= 4 is 0 Å². The van der Waals surface area contributed by atoms with E-state index >= 15 is 0 Å². The van der Waals surface area contributed by atoms with Gasteiger partial charge in [0.25, 0.3) is 0 Å². The van der Waals surface area contributed by atoms with Gasteiger partial charge in [-0.15, -0.1) is 0 Å². The highest BCUT2D eigenvalue weighted by atomic mass is 16.5. The number of hydrogen-bond acceptors (Lipinski definition) is 5. The molecule has 2 rings (SSSR count). The maximum Gasteiger partial charge on any atom is 0.148 e. The van der Waals surface area contributed by atoms with Crippen molar-refractivity contribution in [1.29, 1.82) is 0 Å². The second-order valence-electron chi connectivity index (χ2n) is 4.38. The lowest BCUT2D eigenvalue weighted by Crippen LogP contribution is -2.19. The van der Waals surface area contributed by atoms with E-state index in [9.17, 15) is 0 Å². The maximum absolute atomic E-state index is 5.00. The molecule has 0 atom stereocenters. The third-order valence-corrected chi connectivity index (χ3v) is 3.10. The van der Waals surface area contributed by atoms with Crippen LogP contribution < -0.4 is 5.32 Å². The average molecular weight is 264 g/mol. The van der Waals surface area contributed by atoms with Crippen LogP contribution >= 0.6 is 0 Å². The molecule has 0 unspecified atom stereocenters. The molecular weight excluding hydrogens is 244 g/mol. The van der Waals surface area contributed by atoms with Crippen LogP contribution in [0.3, 0.4) is 0 Å². The minimum absolute atomic E-state index is 0.639. The number of nitrogens with one attached hydrogen (secondary N) is 1. The Morgan fingerprint density at radius 3 is 2.89 bits per heavy atom. The number of ether oxygens (including phenoxy) is 1. The van der Waals surface area contributed by atoms with Crippen LogP contribution in [0.5, 0.6) is 0 Å². The summed E-state index contributed by atoms with van der Waals surface area (Å²) in [5.74, 6) is 0.894. The van der Waals surface area contributed by atoms with Crippen LogP contribution in [0.25, 0.3) is 0 Å². The zero-order valence-electron chi connectivity index (χ0n) is 11.6. The molecule has 0 spiro atoms. The molecule has 0 saturated carbocycles. The molecule has 0 amide bonds. The minimum atomic E-state index is 0.639. The Kier molecular flexibility index (Phi) is 4.64. The Bertz CT molecular complexity index is 518. The van der Waals surface area contributed by atoms with Crippen molar-refractivity contribution in [2.24, 2.45) is 7.05 Å². The van der Waals surface area contributed by atoms with Gasteiger partial charge in [0.2, 0.25) is 0 Å². The Hall–Kier alpha value is -1.73. The van der Waals surface area contributed by atoms with Gasteiger partial charge < -0.3 is 10.1 Å². The molecule has 0 bridgehead atoms. The van der Waals surface area contributed by atoms with E-state index in [1.807, 2.05) is 17.9 Å². The highest BCUT2D eigenvalue weighted by Gasteiger charge is 2.08. The first kappa shape index (κ1) is 13.7. The van der Waals surface area contributed by atoms with Crippen molar-refractivity contribution in [3.63, 3.8) is 0 Å². The van der Waals surface area contributed by atoms with Gasteiger partial charge in [0.15, 0.2) is 0 Å². The van der Waals surface area contributed by atoms with Crippen molar-refractivity contribution in [3.8, 4) is 0 Å². The van der Waals surface area contributed by atoms with Crippen LogP contribution in [-0.2, 0) is 24.9 Å². The number of rotatable bonds is 7. The van der Waals surface area contributed by atoms with Gasteiger partial charge in [-0.05, 0) is 6.92 Å². The molecule has 0 aliphatic rings. The zero-order valence-corrected chi connectivity index (χ0v) is 11.6. The zero-order chi connectivity index (χ0) is 13.7. The Morgan fingerprint density at radius 2 is 2.21 bits per heavy atom. The molecule has 0 saturated heterocycles. The van der Waals surface area contributed by atoms with Crippen molar-refractivity contribution in [1.82, 2.24) is 29.9 Å². The lowest BCUT2D eigenvalue weighted by Gasteiger charge is -2.06. The van der Waals surface area contributed by atoms with Crippen LogP contribution in [-0.4, -0.2) is 44.8 Å². The van der Waals surface area contributed by atoms with Gasteiger partial charge >= 0.3 is 0 Å². The van der Waals surface area contributed by atoms with E-state index in [-0.39, 0.29) is 0 Å². The third-order valence-electron chi connectivity index (χ3n) is 3.10. The van der Waals surface area contributed by atoms with Gasteiger partial charge in [0.1, 0.15) is 18.7 Å². The fraction of sp³-hybridized carbons (Fsp3) is 0.583. The second kappa shape index (κ2) is 6.44. The SMILES string of the molecule is COCCNCc1cnn(Cc2ncnn2C)c1C. The predicted molar refractivity (Wildman–Crippen MR) is 70.7 cm³/mol. The maximum atomic E-state index is 5.00. The van der Waals surface area contributed by atoms with Crippen molar-refractivity contribution in [2.75, 3.05) is 20.3 Å². The summed E-state index contributed by atoms with van der Waals surface area (Å²) in [6.45, 7) is 5.06. The summed E-state index contributed by atoms with van der Waals surface area (Å²) in [6.07, 6.45) is 3.45. The van der Waals surface area contributed by atoms with Gasteiger partial charge in [0.05, 0.1) is 12.8 Å². The summed E-state index contributed by atoms with van der Waals surface area (Å²) in [7, 11) is 3.58. The van der Waals surface area contributed by atoms with Gasteiger partial charge in [0, 0.05) is 38.5 Å². The summed E-state index contributed by atoms with van der Waals surface area (Å²) in [5, 5.41) is 11.8. The smallest absolute Gasteiger partial charge is 0.148 e. The number of methoxy groups -OCH3 is 1. The molecule has 1 N–H and O–H groups in total. The van der Waals surface area contributed by atoms with Crippen LogP contribution in [0.15, 0.2) is 12.5 Å². The average Bonchev–Trinajstić information content (AvgIpc) is 2.95. The lowest BCUT2D eigenvalue weighted by molar-refractivity contribution is 0.199. The normalized spacial score (nSPS) is 11.1. The quantitative estimate of drug-likeness (QED) is 0.719. The highest BCUT2D eigenvalue weighted by molar-refractivity contribution is 5.16. The molecule has 7 heteroatoms. The molecule has 104 valence electrons. The van der Waals surface area contributed by atoms with Gasteiger partial charge in [-0.2, -0.15) is 10.2 Å². The molecule has 2 aromatic heterocycles. The summed E-state index contributed by atoms with van der Waals surface area (Å²) < 4.78 is 8.70. The summed E-state index contributed by atoms with van der Waals surface area (Å²) in [4.78, 5) is 4.21. The largest absolute Gasteiger partial charge is 0.383 e. The van der Waals surface area contributed by atoms with Crippen molar-refractivity contribution < 1.29 is 4.74 Å². The Labute approximate surface area is 112 Å². The van der Waals surface area contributed by atoms with Crippen LogP contribution in [0.4, 0.5) is 0 Å². The van der Waals surface area contributed by atoms with Gasteiger partial charge in [-0.3, -0.25) is 9.36 Å². The number of aromatic nitrogens is 5. The van der Waals surface area contributed by atoms with E-state index in [1.54, 1.807) is 18.1 Å². The predicted octanol–water partition coefficient (Wildman–Crippen LogP) is 0.104. The molecular formula is C12H20N6O. The highest BCUT2D eigenvalue weighted by Crippen LogP contribution is 2.08. The van der Waals surface area contributed by atoms with Crippen LogP contribution in [0, 0.1) is 6.92 Å². The minimum Gasteiger partial charge on any atom is -0.383 e. The van der Waals surface area contributed by atoms with Gasteiger partial charge in [-0.25, -0.2) is 4.98 Å². The van der Waals surface area contributed by atoms with E-state index in [1.165, 1.54) is 5.56 Å². The number of nitrogens with zero attached hydrogens (tertiary/aromatic N) is 5. The van der Waals surface area contributed by atoms with Crippen molar-refractivity contribution in [3.05, 3.63) is 29.6 Å². The fourth-order valence-corrected chi connectivity index (χ4v) is 1.81. The fourth-order valence-electron chi connectivity index (χ4n) is 1.81. The summed E-state index contributed by atoms with van der Waals surface area (Å²) >= 11 is 0. The first-order valence-corrected chi connectivity index (χ1v) is 6.26. The molecule has 7 nitrogen and oxygen atoms in total. The second-order valence-corrected chi connectivity index (χ2v) is 4.38. The topological polar surface area (TPSA) is 69.8 Å². The van der Waals surface area contributed by atoms with E-state index in [2.05, 4.69) is 27.4 Å². The first-order valence-electron chi connectivity index (χ1n) is 6.26. The van der Waals surface area contributed by atoms with E-state index in [0.29, 0.717) is 13.2 Å². The Balaban J connectivity index is 1.96. The monoisotopic (exact) mass is 264 g/mol. The van der Waals surface area contributed by atoms with E-state index in [4.69, 9.17) is 4.74 Å². The summed E-state index contributed by atoms with van der Waals surface area (Å²) in [6, 6.07) is 0. The standard InChI is InChI=1S/C12H20N6O/c1-10-11(6-13-4-5-19-3)7-15-18(10)8-12-14-9-16-17(12)2/h7,9,13H,4-6,8H2,1-3H3. The number of hydrogen-bond donors (Lipinski definition) is 1. The van der Waals surface area contributed by atoms with E-state index in [0.717, 1.165) is 24.6 Å². The molecule has 2 heterocycles. The number of aryl methyl sites for hydroxylation is 1. The first-order chi connectivity index (χ1) is 9.22. The molecule has 2 aromatic rings.